The van der Waals surface area contributed by atoms with Crippen molar-refractivity contribution in [3.05, 3.63) is 0 Å². The highest BCUT2D eigenvalue weighted by Gasteiger charge is 2.31. The summed E-state index contributed by atoms with van der Waals surface area (Å²) in [4.78, 5) is 7.03. The van der Waals surface area contributed by atoms with Crippen LogP contribution in [0.3, 0.4) is 0 Å². The standard InChI is InChI=1S/C18H35N3O3.HI/c1-3-19-17(20-15-18(22)9-4-5-10-18)21-11-7-16(8-12-21)24-14-6-13-23-2;/h16,22H,3-15H2,1-2H3,(H,19,20);1H. The summed E-state index contributed by atoms with van der Waals surface area (Å²) < 4.78 is 11.0. The summed E-state index contributed by atoms with van der Waals surface area (Å²) in [5, 5.41) is 13.9. The van der Waals surface area contributed by atoms with Crippen molar-refractivity contribution in [2.24, 2.45) is 4.99 Å². The predicted octanol–water partition coefficient (Wildman–Crippen LogP) is 2.39. The molecule has 7 heteroatoms. The van der Waals surface area contributed by atoms with Gasteiger partial charge in [-0.1, -0.05) is 12.8 Å². The lowest BCUT2D eigenvalue weighted by Gasteiger charge is -2.34. The maximum Gasteiger partial charge on any atom is 0.194 e. The van der Waals surface area contributed by atoms with Crippen LogP contribution in [0, 0.1) is 0 Å². The molecule has 2 rings (SSSR count). The maximum absolute atomic E-state index is 10.5. The first-order valence-corrected chi connectivity index (χ1v) is 9.53. The molecule has 0 spiro atoms. The molecule has 0 aromatic rings. The summed E-state index contributed by atoms with van der Waals surface area (Å²) in [7, 11) is 1.72. The van der Waals surface area contributed by atoms with E-state index < -0.39 is 5.60 Å². The largest absolute Gasteiger partial charge is 0.388 e. The van der Waals surface area contributed by atoms with Crippen LogP contribution in [0.1, 0.15) is 51.9 Å². The van der Waals surface area contributed by atoms with E-state index in [2.05, 4.69) is 17.1 Å². The number of guanidine groups is 1. The molecule has 2 aliphatic rings. The minimum atomic E-state index is -0.580. The first kappa shape index (κ1) is 22.9. The Hall–Kier alpha value is -0.120. The van der Waals surface area contributed by atoms with Crippen molar-refractivity contribution in [1.82, 2.24) is 10.2 Å². The average molecular weight is 469 g/mol. The first-order chi connectivity index (χ1) is 11.7. The number of piperidine rings is 1. The Morgan fingerprint density at radius 1 is 1.24 bits per heavy atom. The van der Waals surface area contributed by atoms with Gasteiger partial charge in [-0.25, -0.2) is 0 Å². The molecule has 0 radical (unpaired) electrons. The summed E-state index contributed by atoms with van der Waals surface area (Å²) >= 11 is 0. The number of halogens is 1. The van der Waals surface area contributed by atoms with E-state index in [1.165, 1.54) is 0 Å². The first-order valence-electron chi connectivity index (χ1n) is 9.53. The second-order valence-corrected chi connectivity index (χ2v) is 7.01. The Morgan fingerprint density at radius 3 is 2.52 bits per heavy atom. The van der Waals surface area contributed by atoms with Crippen molar-refractivity contribution in [3.63, 3.8) is 0 Å². The molecule has 6 nitrogen and oxygen atoms in total. The van der Waals surface area contributed by atoms with Crippen molar-refractivity contribution >= 4 is 29.9 Å². The molecule has 1 heterocycles. The number of aliphatic imine (C=N–C) groups is 1. The quantitative estimate of drug-likeness (QED) is 0.247. The SMILES string of the molecule is CCNC(=NCC1(O)CCCC1)N1CCC(OCCCOC)CC1.I. The fraction of sp³-hybridized carbons (Fsp3) is 0.944. The van der Waals surface area contributed by atoms with Crippen LogP contribution in [-0.2, 0) is 9.47 Å². The van der Waals surface area contributed by atoms with Crippen LogP contribution in [-0.4, -0.2) is 74.2 Å². The van der Waals surface area contributed by atoms with Crippen LogP contribution in [0.4, 0.5) is 0 Å². The molecule has 25 heavy (non-hydrogen) atoms. The molecule has 0 aromatic heterocycles. The van der Waals surface area contributed by atoms with Gasteiger partial charge in [0.1, 0.15) is 0 Å². The smallest absolute Gasteiger partial charge is 0.194 e. The monoisotopic (exact) mass is 469 g/mol. The molecule has 1 saturated heterocycles. The van der Waals surface area contributed by atoms with Crippen LogP contribution in [0.15, 0.2) is 4.99 Å². The topological polar surface area (TPSA) is 66.3 Å². The number of rotatable bonds is 8. The Labute approximate surface area is 169 Å². The van der Waals surface area contributed by atoms with Crippen LogP contribution in [0.25, 0.3) is 0 Å². The second kappa shape index (κ2) is 12.3. The zero-order valence-corrected chi connectivity index (χ0v) is 18.2. The van der Waals surface area contributed by atoms with Gasteiger partial charge in [-0.3, -0.25) is 4.99 Å². The molecule has 0 atom stereocenters. The van der Waals surface area contributed by atoms with E-state index in [0.29, 0.717) is 12.6 Å². The number of methoxy groups -OCH3 is 1. The molecule has 1 saturated carbocycles. The predicted molar refractivity (Wildman–Crippen MR) is 112 cm³/mol. The van der Waals surface area contributed by atoms with Gasteiger partial charge in [0, 0.05) is 40.0 Å². The molecule has 0 unspecified atom stereocenters. The highest BCUT2D eigenvalue weighted by molar-refractivity contribution is 14.0. The Balaban J connectivity index is 0.00000312. The molecule has 148 valence electrons. The number of likely N-dealkylation sites (tertiary alicyclic amines) is 1. The molecule has 2 fully saturated rings. The summed E-state index contributed by atoms with van der Waals surface area (Å²) in [6.07, 6.45) is 7.37. The van der Waals surface area contributed by atoms with Gasteiger partial charge in [0.2, 0.25) is 0 Å². The number of hydrogen-bond donors (Lipinski definition) is 2. The van der Waals surface area contributed by atoms with Crippen molar-refractivity contribution in [3.8, 4) is 0 Å². The van der Waals surface area contributed by atoms with Gasteiger partial charge < -0.3 is 24.8 Å². The van der Waals surface area contributed by atoms with E-state index in [1.54, 1.807) is 7.11 Å². The summed E-state index contributed by atoms with van der Waals surface area (Å²) in [6.45, 7) is 6.91. The van der Waals surface area contributed by atoms with E-state index in [4.69, 9.17) is 14.5 Å². The zero-order valence-electron chi connectivity index (χ0n) is 15.8. The lowest BCUT2D eigenvalue weighted by molar-refractivity contribution is 0.00968. The van der Waals surface area contributed by atoms with Gasteiger partial charge in [-0.15, -0.1) is 24.0 Å². The van der Waals surface area contributed by atoms with E-state index in [-0.39, 0.29) is 24.0 Å². The highest BCUT2D eigenvalue weighted by atomic mass is 127. The highest BCUT2D eigenvalue weighted by Crippen LogP contribution is 2.29. The summed E-state index contributed by atoms with van der Waals surface area (Å²) in [5.41, 5.74) is -0.580. The fourth-order valence-corrected chi connectivity index (χ4v) is 3.53. The zero-order chi connectivity index (χ0) is 17.3. The number of aliphatic hydroxyl groups is 1. The van der Waals surface area contributed by atoms with Crippen molar-refractivity contribution in [2.45, 2.75) is 63.6 Å². The van der Waals surface area contributed by atoms with Crippen molar-refractivity contribution in [2.75, 3.05) is 46.5 Å². The summed E-state index contributed by atoms with van der Waals surface area (Å²) in [6, 6.07) is 0. The summed E-state index contributed by atoms with van der Waals surface area (Å²) in [5.74, 6) is 0.940. The molecule has 1 aliphatic carbocycles. The molecule has 2 N–H and O–H groups in total. The van der Waals surface area contributed by atoms with E-state index >= 15 is 0 Å². The minimum Gasteiger partial charge on any atom is -0.388 e. The van der Waals surface area contributed by atoms with Gasteiger partial charge in [-0.2, -0.15) is 0 Å². The maximum atomic E-state index is 10.5. The molecule has 0 aromatic carbocycles. The van der Waals surface area contributed by atoms with Crippen LogP contribution < -0.4 is 5.32 Å². The van der Waals surface area contributed by atoms with E-state index in [9.17, 15) is 5.11 Å². The van der Waals surface area contributed by atoms with Gasteiger partial charge >= 0.3 is 0 Å². The third kappa shape index (κ3) is 7.97. The lowest BCUT2D eigenvalue weighted by atomic mass is 10.0. The van der Waals surface area contributed by atoms with Crippen LogP contribution in [0.5, 0.6) is 0 Å². The molecule has 0 bridgehead atoms. The normalized spacial score (nSPS) is 21.2. The number of hydrogen-bond acceptors (Lipinski definition) is 4. The molecule has 0 amide bonds. The molecular weight excluding hydrogens is 433 g/mol. The van der Waals surface area contributed by atoms with E-state index in [1.807, 2.05) is 0 Å². The average Bonchev–Trinajstić information content (AvgIpc) is 3.03. The fourth-order valence-electron chi connectivity index (χ4n) is 3.53. The number of nitrogens with zero attached hydrogens (tertiary/aromatic N) is 2. The van der Waals surface area contributed by atoms with Gasteiger partial charge in [0.25, 0.3) is 0 Å². The second-order valence-electron chi connectivity index (χ2n) is 7.01. The molecule has 1 aliphatic heterocycles. The molecular formula is C18H36IN3O3. The number of nitrogens with one attached hydrogen (secondary N) is 1. The van der Waals surface area contributed by atoms with Gasteiger partial charge in [0.05, 0.1) is 18.2 Å². The lowest BCUT2D eigenvalue weighted by Crippen LogP contribution is -2.47. The Kier molecular flexibility index (Phi) is 11.3. The van der Waals surface area contributed by atoms with Gasteiger partial charge in [0.15, 0.2) is 5.96 Å². The number of ether oxygens (including phenoxy) is 2. The Bertz CT molecular complexity index is 382. The van der Waals surface area contributed by atoms with Gasteiger partial charge in [-0.05, 0) is 39.0 Å². The minimum absolute atomic E-state index is 0. The van der Waals surface area contributed by atoms with E-state index in [0.717, 1.165) is 83.8 Å². The van der Waals surface area contributed by atoms with Crippen molar-refractivity contribution in [1.29, 1.82) is 0 Å². The van der Waals surface area contributed by atoms with Crippen molar-refractivity contribution < 1.29 is 14.6 Å². The third-order valence-corrected chi connectivity index (χ3v) is 4.98. The van der Waals surface area contributed by atoms with Crippen LogP contribution in [0.2, 0.25) is 0 Å². The van der Waals surface area contributed by atoms with Crippen LogP contribution >= 0.6 is 24.0 Å². The Morgan fingerprint density at radius 2 is 1.92 bits per heavy atom. The third-order valence-electron chi connectivity index (χ3n) is 4.98.